The average Bonchev–Trinajstić information content (AvgIpc) is 2.38. The fourth-order valence-corrected chi connectivity index (χ4v) is 1.56. The minimum absolute atomic E-state index is 0.441. The fraction of sp³-hybridized carbons (Fsp3) is 0.500. The normalized spacial score (nSPS) is 12.1. The largest absolute Gasteiger partial charge is 0.444 e. The average molecular weight is 279 g/mol. The highest BCUT2D eigenvalue weighted by Gasteiger charge is 2.15. The number of pyridine rings is 1. The summed E-state index contributed by atoms with van der Waals surface area (Å²) in [5, 5.41) is 14.9. The minimum Gasteiger partial charge on any atom is -0.444 e. The van der Waals surface area contributed by atoms with Crippen LogP contribution in [0, 0.1) is 0 Å². The Balaban J connectivity index is 2.32. The quantitative estimate of drug-likeness (QED) is 0.375. The van der Waals surface area contributed by atoms with Gasteiger partial charge in [-0.05, 0) is 45.7 Å². The molecule has 0 spiro atoms. The Bertz CT molecular complexity index is 452. The van der Waals surface area contributed by atoms with E-state index < -0.39 is 11.7 Å². The van der Waals surface area contributed by atoms with Crippen LogP contribution in [0.1, 0.15) is 39.2 Å². The van der Waals surface area contributed by atoms with Crippen LogP contribution in [-0.2, 0) is 4.74 Å². The van der Waals surface area contributed by atoms with Crippen molar-refractivity contribution in [2.75, 3.05) is 6.54 Å². The van der Waals surface area contributed by atoms with Gasteiger partial charge >= 0.3 is 6.09 Å². The van der Waals surface area contributed by atoms with E-state index in [0.29, 0.717) is 25.1 Å². The molecular formula is C14H21N3O3. The minimum atomic E-state index is -0.501. The third kappa shape index (κ3) is 6.17. The molecule has 0 radical (unpaired) electrons. The Kier molecular flexibility index (Phi) is 5.96. The molecule has 0 aliphatic rings. The highest BCUT2D eigenvalue weighted by molar-refractivity contribution is 6.00. The van der Waals surface area contributed by atoms with Gasteiger partial charge in [-0.1, -0.05) is 5.16 Å². The van der Waals surface area contributed by atoms with Gasteiger partial charge in [-0.2, -0.15) is 0 Å². The number of carbonyl (C=O) groups excluding carboxylic acids is 1. The number of hydrogen-bond donors (Lipinski definition) is 2. The first-order chi connectivity index (χ1) is 9.42. The zero-order chi connectivity index (χ0) is 15.0. The second kappa shape index (κ2) is 7.47. The van der Waals surface area contributed by atoms with E-state index in [2.05, 4.69) is 15.5 Å². The number of nitrogens with one attached hydrogen (secondary N) is 1. The van der Waals surface area contributed by atoms with Crippen LogP contribution in [0.3, 0.4) is 0 Å². The molecule has 1 amide bonds. The maximum Gasteiger partial charge on any atom is 0.407 e. The van der Waals surface area contributed by atoms with E-state index in [0.717, 1.165) is 5.56 Å². The van der Waals surface area contributed by atoms with E-state index in [1.807, 2.05) is 20.8 Å². The number of alkyl carbamates (subject to hydrolysis) is 1. The molecule has 0 fully saturated rings. The van der Waals surface area contributed by atoms with Gasteiger partial charge in [-0.25, -0.2) is 4.79 Å². The number of rotatable bonds is 5. The summed E-state index contributed by atoms with van der Waals surface area (Å²) in [4.78, 5) is 15.3. The van der Waals surface area contributed by atoms with Crippen LogP contribution >= 0.6 is 0 Å². The topological polar surface area (TPSA) is 83.8 Å². The zero-order valence-corrected chi connectivity index (χ0v) is 12.1. The van der Waals surface area contributed by atoms with Crippen LogP contribution in [0.25, 0.3) is 0 Å². The van der Waals surface area contributed by atoms with E-state index in [9.17, 15) is 4.79 Å². The summed E-state index contributed by atoms with van der Waals surface area (Å²) in [6, 6.07) is 3.55. The highest BCUT2D eigenvalue weighted by Crippen LogP contribution is 2.07. The van der Waals surface area contributed by atoms with Crippen molar-refractivity contribution in [3.63, 3.8) is 0 Å². The van der Waals surface area contributed by atoms with E-state index in [-0.39, 0.29) is 0 Å². The summed E-state index contributed by atoms with van der Waals surface area (Å²) in [6.45, 7) is 5.89. The standard InChI is InChI=1S/C14H21N3O3/c1-14(2,3)20-13(18)16-8-4-5-12(17-19)11-6-9-15-10-7-11/h6-7,9-10,19H,4-5,8H2,1-3H3,(H,16,18)/b17-12+. The second-order valence-corrected chi connectivity index (χ2v) is 5.31. The molecular weight excluding hydrogens is 258 g/mol. The van der Waals surface area contributed by atoms with Crippen LogP contribution in [0.4, 0.5) is 4.79 Å². The highest BCUT2D eigenvalue weighted by atomic mass is 16.6. The Labute approximate surface area is 118 Å². The van der Waals surface area contributed by atoms with Crippen molar-refractivity contribution in [3.8, 4) is 0 Å². The van der Waals surface area contributed by atoms with Gasteiger partial charge in [-0.15, -0.1) is 0 Å². The van der Waals surface area contributed by atoms with Crippen LogP contribution in [0.5, 0.6) is 0 Å². The van der Waals surface area contributed by atoms with E-state index in [1.165, 1.54) is 0 Å². The Morgan fingerprint density at radius 2 is 2.05 bits per heavy atom. The third-order valence-electron chi connectivity index (χ3n) is 2.39. The molecule has 6 heteroatoms. The molecule has 0 saturated heterocycles. The molecule has 20 heavy (non-hydrogen) atoms. The molecule has 2 N–H and O–H groups in total. The van der Waals surface area contributed by atoms with Crippen LogP contribution in [-0.4, -0.2) is 34.1 Å². The summed E-state index contributed by atoms with van der Waals surface area (Å²) in [7, 11) is 0. The first-order valence-corrected chi connectivity index (χ1v) is 6.50. The van der Waals surface area contributed by atoms with Gasteiger partial charge in [0.25, 0.3) is 0 Å². The smallest absolute Gasteiger partial charge is 0.407 e. The zero-order valence-electron chi connectivity index (χ0n) is 12.1. The fourth-order valence-electron chi connectivity index (χ4n) is 1.56. The number of carbonyl (C=O) groups is 1. The van der Waals surface area contributed by atoms with Crippen molar-refractivity contribution in [3.05, 3.63) is 30.1 Å². The molecule has 0 saturated carbocycles. The predicted octanol–water partition coefficient (Wildman–Crippen LogP) is 2.56. The number of nitrogens with zero attached hydrogens (tertiary/aromatic N) is 2. The molecule has 1 aromatic rings. The van der Waals surface area contributed by atoms with E-state index >= 15 is 0 Å². The van der Waals surface area contributed by atoms with Crippen molar-refractivity contribution in [2.45, 2.75) is 39.2 Å². The van der Waals surface area contributed by atoms with Crippen molar-refractivity contribution in [1.29, 1.82) is 0 Å². The van der Waals surface area contributed by atoms with Crippen molar-refractivity contribution in [2.24, 2.45) is 5.16 Å². The van der Waals surface area contributed by atoms with Gasteiger partial charge in [0.05, 0.1) is 5.71 Å². The van der Waals surface area contributed by atoms with Crippen molar-refractivity contribution >= 4 is 11.8 Å². The van der Waals surface area contributed by atoms with Gasteiger partial charge < -0.3 is 15.3 Å². The first kappa shape index (κ1) is 15.9. The summed E-state index contributed by atoms with van der Waals surface area (Å²) >= 11 is 0. The lowest BCUT2D eigenvalue weighted by Gasteiger charge is -2.19. The summed E-state index contributed by atoms with van der Waals surface area (Å²) < 4.78 is 5.12. The molecule has 0 aliphatic carbocycles. The van der Waals surface area contributed by atoms with Gasteiger partial charge in [0, 0.05) is 24.5 Å². The van der Waals surface area contributed by atoms with Crippen LogP contribution < -0.4 is 5.32 Å². The lowest BCUT2D eigenvalue weighted by molar-refractivity contribution is 0.0527. The maximum atomic E-state index is 11.4. The van der Waals surface area contributed by atoms with Gasteiger partial charge in [0.2, 0.25) is 0 Å². The summed E-state index contributed by atoms with van der Waals surface area (Å²) in [5.74, 6) is 0. The number of amides is 1. The van der Waals surface area contributed by atoms with Gasteiger partial charge in [0.15, 0.2) is 0 Å². The van der Waals surface area contributed by atoms with Gasteiger partial charge in [0.1, 0.15) is 5.60 Å². The lowest BCUT2D eigenvalue weighted by Crippen LogP contribution is -2.33. The van der Waals surface area contributed by atoms with Crippen molar-refractivity contribution in [1.82, 2.24) is 10.3 Å². The Morgan fingerprint density at radius 1 is 1.40 bits per heavy atom. The number of aromatic nitrogens is 1. The molecule has 1 heterocycles. The summed E-state index contributed by atoms with van der Waals surface area (Å²) in [5.41, 5.74) is 0.886. The molecule has 0 bridgehead atoms. The molecule has 0 aliphatic heterocycles. The molecule has 1 rings (SSSR count). The molecule has 1 aromatic heterocycles. The van der Waals surface area contributed by atoms with Crippen molar-refractivity contribution < 1.29 is 14.7 Å². The van der Waals surface area contributed by atoms with E-state index in [1.54, 1.807) is 24.5 Å². The number of hydrogen-bond acceptors (Lipinski definition) is 5. The molecule has 0 aromatic carbocycles. The van der Waals surface area contributed by atoms with E-state index in [4.69, 9.17) is 9.94 Å². The monoisotopic (exact) mass is 279 g/mol. The molecule has 110 valence electrons. The molecule has 0 atom stereocenters. The second-order valence-electron chi connectivity index (χ2n) is 5.31. The maximum absolute atomic E-state index is 11.4. The number of ether oxygens (including phenoxy) is 1. The predicted molar refractivity (Wildman–Crippen MR) is 76.0 cm³/mol. The SMILES string of the molecule is CC(C)(C)OC(=O)NCCC/C(=N\O)c1ccncc1. The van der Waals surface area contributed by atoms with Gasteiger partial charge in [-0.3, -0.25) is 4.98 Å². The molecule has 0 unspecified atom stereocenters. The lowest BCUT2D eigenvalue weighted by atomic mass is 10.1. The van der Waals surface area contributed by atoms with Crippen LogP contribution in [0.2, 0.25) is 0 Å². The number of oxime groups is 1. The summed E-state index contributed by atoms with van der Waals surface area (Å²) in [6.07, 6.45) is 4.04. The molecule has 6 nitrogen and oxygen atoms in total. The Hall–Kier alpha value is -2.11. The third-order valence-corrected chi connectivity index (χ3v) is 2.39. The van der Waals surface area contributed by atoms with Crippen LogP contribution in [0.15, 0.2) is 29.7 Å². The first-order valence-electron chi connectivity index (χ1n) is 6.50. The Morgan fingerprint density at radius 3 is 2.60 bits per heavy atom.